The molecule has 1 unspecified atom stereocenters. The molecule has 1 rings (SSSR count). The van der Waals surface area contributed by atoms with Crippen LogP contribution in [0.2, 0.25) is 18.1 Å². The maximum atomic E-state index is 11.1. The number of carbonyl (C=O) groups excluding carboxylic acids is 1. The SMILES string of the molecule is CC[Si](CC)(CC)OC1C=CC(=O)C1. The number of hydrogen-bond donors (Lipinski definition) is 0. The molecule has 0 spiro atoms. The lowest BCUT2D eigenvalue weighted by Crippen LogP contribution is -2.39. The second-order valence-electron chi connectivity index (χ2n) is 3.93. The third kappa shape index (κ3) is 2.55. The van der Waals surface area contributed by atoms with E-state index in [-0.39, 0.29) is 11.9 Å². The maximum absolute atomic E-state index is 11.1. The third-order valence-corrected chi connectivity index (χ3v) is 7.90. The molecule has 1 aliphatic rings. The largest absolute Gasteiger partial charge is 0.410 e. The minimum absolute atomic E-state index is 0.0778. The number of ketones is 1. The first-order valence-electron chi connectivity index (χ1n) is 5.54. The average Bonchev–Trinajstić information content (AvgIpc) is 2.61. The molecule has 0 heterocycles. The lowest BCUT2D eigenvalue weighted by Gasteiger charge is -2.30. The Bertz CT molecular complexity index is 223. The fraction of sp³-hybridized carbons (Fsp3) is 0.727. The fourth-order valence-electron chi connectivity index (χ4n) is 1.95. The standard InChI is InChI=1S/C11H20O2Si/c1-4-14(5-2,6-3)13-11-8-7-10(12)9-11/h7-8,11H,4-6,9H2,1-3H3. The van der Waals surface area contributed by atoms with Gasteiger partial charge in [-0.15, -0.1) is 0 Å². The maximum Gasteiger partial charge on any atom is 0.192 e. The van der Waals surface area contributed by atoms with E-state index >= 15 is 0 Å². The first-order valence-corrected chi connectivity index (χ1v) is 8.07. The number of rotatable bonds is 5. The molecule has 14 heavy (non-hydrogen) atoms. The smallest absolute Gasteiger partial charge is 0.192 e. The van der Waals surface area contributed by atoms with Gasteiger partial charge < -0.3 is 4.43 Å². The van der Waals surface area contributed by atoms with Gasteiger partial charge in [-0.25, -0.2) is 0 Å². The van der Waals surface area contributed by atoms with Crippen LogP contribution in [-0.4, -0.2) is 20.2 Å². The summed E-state index contributed by atoms with van der Waals surface area (Å²) < 4.78 is 6.15. The first kappa shape index (κ1) is 11.7. The molecule has 80 valence electrons. The molecule has 0 radical (unpaired) electrons. The monoisotopic (exact) mass is 212 g/mol. The molecule has 0 bridgehead atoms. The van der Waals surface area contributed by atoms with Crippen molar-refractivity contribution >= 4 is 14.1 Å². The van der Waals surface area contributed by atoms with Gasteiger partial charge >= 0.3 is 0 Å². The zero-order valence-electron chi connectivity index (χ0n) is 9.38. The van der Waals surface area contributed by atoms with E-state index in [9.17, 15) is 4.79 Å². The fourth-order valence-corrected chi connectivity index (χ4v) is 4.76. The van der Waals surface area contributed by atoms with Crippen molar-refractivity contribution in [1.82, 2.24) is 0 Å². The molecule has 0 N–H and O–H groups in total. The van der Waals surface area contributed by atoms with E-state index in [0.717, 1.165) is 18.1 Å². The molecule has 3 heteroatoms. The van der Waals surface area contributed by atoms with E-state index in [4.69, 9.17) is 4.43 Å². The van der Waals surface area contributed by atoms with Crippen LogP contribution in [-0.2, 0) is 9.22 Å². The Morgan fingerprint density at radius 3 is 2.29 bits per heavy atom. The summed E-state index contributed by atoms with van der Waals surface area (Å²) in [6, 6.07) is 3.45. The number of hydrogen-bond acceptors (Lipinski definition) is 2. The summed E-state index contributed by atoms with van der Waals surface area (Å²) in [7, 11) is -1.52. The van der Waals surface area contributed by atoms with Crippen LogP contribution in [0.5, 0.6) is 0 Å². The van der Waals surface area contributed by atoms with Gasteiger partial charge in [0.2, 0.25) is 0 Å². The molecular weight excluding hydrogens is 192 g/mol. The Hall–Kier alpha value is -0.413. The Labute approximate surface area is 87.5 Å². The van der Waals surface area contributed by atoms with Crippen LogP contribution in [0.3, 0.4) is 0 Å². The lowest BCUT2D eigenvalue weighted by molar-refractivity contribution is -0.114. The summed E-state index contributed by atoms with van der Waals surface area (Å²) in [6.07, 6.45) is 4.22. The van der Waals surface area contributed by atoms with Crippen LogP contribution in [0.25, 0.3) is 0 Å². The number of carbonyl (C=O) groups is 1. The van der Waals surface area contributed by atoms with Crippen molar-refractivity contribution in [1.29, 1.82) is 0 Å². The van der Waals surface area contributed by atoms with E-state index in [1.54, 1.807) is 6.08 Å². The minimum Gasteiger partial charge on any atom is -0.410 e. The molecule has 0 aromatic heterocycles. The van der Waals surface area contributed by atoms with E-state index in [2.05, 4.69) is 20.8 Å². The molecule has 1 atom stereocenters. The highest BCUT2D eigenvalue weighted by molar-refractivity contribution is 6.73. The van der Waals surface area contributed by atoms with Crippen LogP contribution in [0.15, 0.2) is 12.2 Å². The van der Waals surface area contributed by atoms with Gasteiger partial charge in [0.1, 0.15) is 0 Å². The van der Waals surface area contributed by atoms with Crippen molar-refractivity contribution in [3.8, 4) is 0 Å². The summed E-state index contributed by atoms with van der Waals surface area (Å²) in [5.41, 5.74) is 0. The predicted octanol–water partition coefficient (Wildman–Crippen LogP) is 2.91. The number of allylic oxidation sites excluding steroid dienone is 1. The van der Waals surface area contributed by atoms with Crippen molar-refractivity contribution in [3.63, 3.8) is 0 Å². The summed E-state index contributed by atoms with van der Waals surface area (Å²) in [5.74, 6) is 0.209. The topological polar surface area (TPSA) is 26.3 Å². The van der Waals surface area contributed by atoms with Gasteiger partial charge in [-0.2, -0.15) is 0 Å². The average molecular weight is 212 g/mol. The van der Waals surface area contributed by atoms with Gasteiger partial charge in [0.15, 0.2) is 14.1 Å². The summed E-state index contributed by atoms with van der Waals surface area (Å²) >= 11 is 0. The quantitative estimate of drug-likeness (QED) is 0.655. The van der Waals surface area contributed by atoms with Crippen LogP contribution >= 0.6 is 0 Å². The van der Waals surface area contributed by atoms with Crippen LogP contribution < -0.4 is 0 Å². The van der Waals surface area contributed by atoms with E-state index in [0.29, 0.717) is 6.42 Å². The highest BCUT2D eigenvalue weighted by Crippen LogP contribution is 2.26. The Morgan fingerprint density at radius 2 is 1.93 bits per heavy atom. The first-order chi connectivity index (χ1) is 6.65. The molecule has 0 aliphatic heterocycles. The zero-order chi connectivity index (χ0) is 10.6. The summed E-state index contributed by atoms with van der Waals surface area (Å²) in [4.78, 5) is 11.1. The van der Waals surface area contributed by atoms with Crippen molar-refractivity contribution in [2.75, 3.05) is 0 Å². The lowest BCUT2D eigenvalue weighted by atomic mass is 10.3. The highest BCUT2D eigenvalue weighted by Gasteiger charge is 2.32. The van der Waals surface area contributed by atoms with Gasteiger partial charge in [-0.1, -0.05) is 26.8 Å². The molecule has 0 amide bonds. The Kier molecular flexibility index (Phi) is 4.07. The highest BCUT2D eigenvalue weighted by atomic mass is 28.4. The second kappa shape index (κ2) is 4.89. The Morgan fingerprint density at radius 1 is 1.36 bits per heavy atom. The Balaban J connectivity index is 2.56. The third-order valence-electron chi connectivity index (χ3n) is 3.23. The van der Waals surface area contributed by atoms with Crippen molar-refractivity contribution < 1.29 is 9.22 Å². The van der Waals surface area contributed by atoms with E-state index < -0.39 is 8.32 Å². The van der Waals surface area contributed by atoms with E-state index in [1.807, 2.05) is 6.08 Å². The van der Waals surface area contributed by atoms with Crippen molar-refractivity contribution in [2.45, 2.75) is 51.4 Å². The van der Waals surface area contributed by atoms with Gasteiger partial charge in [-0.3, -0.25) is 4.79 Å². The summed E-state index contributed by atoms with van der Waals surface area (Å²) in [5, 5.41) is 0. The van der Waals surface area contributed by atoms with Crippen LogP contribution in [0.4, 0.5) is 0 Å². The summed E-state index contributed by atoms with van der Waals surface area (Å²) in [6.45, 7) is 6.62. The zero-order valence-corrected chi connectivity index (χ0v) is 10.4. The van der Waals surface area contributed by atoms with Gasteiger partial charge in [-0.05, 0) is 24.2 Å². The van der Waals surface area contributed by atoms with Gasteiger partial charge in [0, 0.05) is 6.42 Å². The predicted molar refractivity (Wildman–Crippen MR) is 60.8 cm³/mol. The second-order valence-corrected chi connectivity index (χ2v) is 8.65. The molecule has 0 saturated carbocycles. The molecule has 0 saturated heterocycles. The minimum atomic E-state index is -1.52. The molecule has 1 aliphatic carbocycles. The normalized spacial score (nSPS) is 21.9. The molecule has 0 aromatic rings. The van der Waals surface area contributed by atoms with Crippen molar-refractivity contribution in [3.05, 3.63) is 12.2 Å². The molecule has 0 fully saturated rings. The molecular formula is C11H20O2Si. The van der Waals surface area contributed by atoms with Gasteiger partial charge in [0.25, 0.3) is 0 Å². The van der Waals surface area contributed by atoms with Gasteiger partial charge in [0.05, 0.1) is 6.10 Å². The molecule has 0 aromatic carbocycles. The van der Waals surface area contributed by atoms with Crippen molar-refractivity contribution in [2.24, 2.45) is 0 Å². The van der Waals surface area contributed by atoms with E-state index in [1.165, 1.54) is 0 Å². The van der Waals surface area contributed by atoms with Crippen LogP contribution in [0.1, 0.15) is 27.2 Å². The molecule has 2 nitrogen and oxygen atoms in total. The van der Waals surface area contributed by atoms with Crippen LogP contribution in [0, 0.1) is 0 Å².